The summed E-state index contributed by atoms with van der Waals surface area (Å²) in [6.45, 7) is 2.21. The maximum atomic E-state index is 13.9. The molecule has 172 valence electrons. The van der Waals surface area contributed by atoms with Crippen LogP contribution in [-0.2, 0) is 13.1 Å². The van der Waals surface area contributed by atoms with Crippen molar-refractivity contribution in [3.05, 3.63) is 62.0 Å². The van der Waals surface area contributed by atoms with E-state index < -0.39 is 45.2 Å². The highest BCUT2D eigenvalue weighted by Gasteiger charge is 2.29. The number of hydrogen-bond acceptors (Lipinski definition) is 5. The summed E-state index contributed by atoms with van der Waals surface area (Å²) in [5, 5.41) is 19.3. The lowest BCUT2D eigenvalue weighted by molar-refractivity contribution is 0.0740. The van der Waals surface area contributed by atoms with Gasteiger partial charge in [-0.2, -0.15) is 0 Å². The highest BCUT2D eigenvalue weighted by Crippen LogP contribution is 2.22. The molecule has 11 heteroatoms. The van der Waals surface area contributed by atoms with Gasteiger partial charge in [-0.1, -0.05) is 17.7 Å². The second-order valence-electron chi connectivity index (χ2n) is 6.32. The molecule has 0 spiro atoms. The summed E-state index contributed by atoms with van der Waals surface area (Å²) >= 11 is 5.48. The number of amides is 2. The number of nitrogens with one attached hydrogen (secondary N) is 1. The second kappa shape index (κ2) is 11.8. The highest BCUT2D eigenvalue weighted by molar-refractivity contribution is 6.30. The fourth-order valence-electron chi connectivity index (χ4n) is 2.73. The number of aromatic nitrogens is 1. The standard InChI is InChI=1S/C17H14ClF2N3O4.C2H6O.C2H2/c1-22-4-5-23-7-9(14(24)15(25)13(23)17(22)27)16(26)21-6-8-2-3-10(19)11(18)12(8)20;1-2-3;1-2/h2-3,7,25H,4-6H2,1H3,(H,21,26);3H,2H2,1H3;1-2H. The minimum Gasteiger partial charge on any atom is -0.503 e. The van der Waals surface area contributed by atoms with Crippen molar-refractivity contribution in [2.24, 2.45) is 0 Å². The Labute approximate surface area is 188 Å². The van der Waals surface area contributed by atoms with Crippen LogP contribution in [-0.4, -0.2) is 51.7 Å². The van der Waals surface area contributed by atoms with Crippen molar-refractivity contribution in [3.8, 4) is 18.6 Å². The molecule has 0 saturated heterocycles. The number of aromatic hydroxyl groups is 1. The predicted molar refractivity (Wildman–Crippen MR) is 115 cm³/mol. The number of rotatable bonds is 3. The first-order valence-corrected chi connectivity index (χ1v) is 9.58. The van der Waals surface area contributed by atoms with Crippen LogP contribution in [0.25, 0.3) is 0 Å². The van der Waals surface area contributed by atoms with Gasteiger partial charge in [-0.05, 0) is 13.0 Å². The Hall–Kier alpha value is -3.42. The summed E-state index contributed by atoms with van der Waals surface area (Å²) in [6, 6.07) is 2.07. The summed E-state index contributed by atoms with van der Waals surface area (Å²) < 4.78 is 28.4. The molecule has 0 bridgehead atoms. The third-order valence-electron chi connectivity index (χ3n) is 4.28. The first kappa shape index (κ1) is 26.6. The molecule has 8 nitrogen and oxygen atoms in total. The van der Waals surface area contributed by atoms with Gasteiger partial charge in [-0.15, -0.1) is 12.8 Å². The lowest BCUT2D eigenvalue weighted by atomic mass is 10.1. The lowest BCUT2D eigenvalue weighted by Crippen LogP contribution is -2.40. The molecule has 0 unspecified atom stereocenters. The number of likely N-dealkylation sites (N-methyl/N-ethyl adjacent to an activating group) is 1. The summed E-state index contributed by atoms with van der Waals surface area (Å²) in [6.07, 6.45) is 9.17. The Morgan fingerprint density at radius 2 is 1.84 bits per heavy atom. The Bertz CT molecular complexity index is 1090. The van der Waals surface area contributed by atoms with E-state index >= 15 is 0 Å². The van der Waals surface area contributed by atoms with Gasteiger partial charge in [0.2, 0.25) is 5.43 Å². The number of carbonyl (C=O) groups excluding carboxylic acids is 2. The van der Waals surface area contributed by atoms with Gasteiger partial charge in [0.25, 0.3) is 11.8 Å². The van der Waals surface area contributed by atoms with Crippen molar-refractivity contribution in [2.45, 2.75) is 20.0 Å². The van der Waals surface area contributed by atoms with Gasteiger partial charge in [-0.25, -0.2) is 8.78 Å². The lowest BCUT2D eigenvalue weighted by Gasteiger charge is -2.27. The largest absolute Gasteiger partial charge is 0.503 e. The Morgan fingerprint density at radius 3 is 2.44 bits per heavy atom. The van der Waals surface area contributed by atoms with Crippen molar-refractivity contribution in [1.82, 2.24) is 14.8 Å². The summed E-state index contributed by atoms with van der Waals surface area (Å²) in [5.74, 6) is -4.19. The number of fused-ring (bicyclic) bond motifs is 1. The van der Waals surface area contributed by atoms with Crippen LogP contribution in [0.4, 0.5) is 8.78 Å². The van der Waals surface area contributed by atoms with Crippen LogP contribution in [0.1, 0.15) is 33.3 Å². The van der Waals surface area contributed by atoms with E-state index in [0.717, 1.165) is 12.1 Å². The monoisotopic (exact) mass is 469 g/mol. The number of carbonyl (C=O) groups is 2. The van der Waals surface area contributed by atoms with Crippen molar-refractivity contribution in [2.75, 3.05) is 20.2 Å². The molecule has 3 rings (SSSR count). The van der Waals surface area contributed by atoms with E-state index in [1.165, 1.54) is 22.7 Å². The van der Waals surface area contributed by atoms with Crippen molar-refractivity contribution in [3.63, 3.8) is 0 Å². The minimum absolute atomic E-state index is 0.0752. The minimum atomic E-state index is -1.02. The third kappa shape index (κ3) is 5.63. The molecule has 1 aromatic heterocycles. The van der Waals surface area contributed by atoms with E-state index in [9.17, 15) is 28.3 Å². The maximum Gasteiger partial charge on any atom is 0.274 e. The molecule has 3 N–H and O–H groups in total. The van der Waals surface area contributed by atoms with Gasteiger partial charge >= 0.3 is 0 Å². The summed E-state index contributed by atoms with van der Waals surface area (Å²) in [5.41, 5.74) is -1.68. The molecule has 1 aromatic carbocycles. The number of hydrogen-bond donors (Lipinski definition) is 3. The molecular weight excluding hydrogens is 448 g/mol. The predicted octanol–water partition coefficient (Wildman–Crippen LogP) is 1.75. The average molecular weight is 470 g/mol. The van der Waals surface area contributed by atoms with E-state index in [2.05, 4.69) is 18.2 Å². The molecule has 0 fully saturated rings. The van der Waals surface area contributed by atoms with E-state index in [0.29, 0.717) is 6.54 Å². The van der Waals surface area contributed by atoms with Crippen LogP contribution >= 0.6 is 11.6 Å². The van der Waals surface area contributed by atoms with Crippen LogP contribution in [0.3, 0.4) is 0 Å². The van der Waals surface area contributed by atoms with Crippen molar-refractivity contribution < 1.29 is 28.6 Å². The Balaban J connectivity index is 0.000000944. The van der Waals surface area contributed by atoms with Crippen LogP contribution in [0.15, 0.2) is 23.1 Å². The third-order valence-corrected chi connectivity index (χ3v) is 4.63. The van der Waals surface area contributed by atoms with Crippen LogP contribution < -0.4 is 10.7 Å². The molecule has 0 atom stereocenters. The zero-order valence-corrected chi connectivity index (χ0v) is 18.1. The van der Waals surface area contributed by atoms with Gasteiger partial charge in [-0.3, -0.25) is 14.4 Å². The molecule has 32 heavy (non-hydrogen) atoms. The summed E-state index contributed by atoms with van der Waals surface area (Å²) in [4.78, 5) is 38.0. The fraction of sp³-hybridized carbons (Fsp3) is 0.286. The van der Waals surface area contributed by atoms with Gasteiger partial charge in [0, 0.05) is 45.0 Å². The quantitative estimate of drug-likeness (QED) is 0.468. The average Bonchev–Trinajstić information content (AvgIpc) is 2.78. The number of pyridine rings is 1. The molecule has 0 radical (unpaired) electrons. The van der Waals surface area contributed by atoms with Crippen molar-refractivity contribution in [1.29, 1.82) is 0 Å². The van der Waals surface area contributed by atoms with E-state index in [4.69, 9.17) is 16.7 Å². The Morgan fingerprint density at radius 1 is 1.25 bits per heavy atom. The zero-order valence-electron chi connectivity index (χ0n) is 17.4. The number of nitrogens with zero attached hydrogens (tertiary/aromatic N) is 2. The van der Waals surface area contributed by atoms with Gasteiger partial charge < -0.3 is 25.0 Å². The molecular formula is C21H22ClF2N3O5. The van der Waals surface area contributed by atoms with Gasteiger partial charge in [0.15, 0.2) is 11.4 Å². The molecule has 0 saturated carbocycles. The maximum absolute atomic E-state index is 13.9. The first-order chi connectivity index (χ1) is 15.1. The number of aliphatic hydroxyl groups excluding tert-OH is 1. The number of aliphatic hydroxyl groups is 1. The van der Waals surface area contributed by atoms with E-state index in [1.807, 2.05) is 0 Å². The highest BCUT2D eigenvalue weighted by atomic mass is 35.5. The topological polar surface area (TPSA) is 112 Å². The zero-order chi connectivity index (χ0) is 24.6. The normalized spacial score (nSPS) is 12.0. The van der Waals surface area contributed by atoms with Crippen LogP contribution in [0.2, 0.25) is 5.02 Å². The smallest absolute Gasteiger partial charge is 0.274 e. The molecule has 2 aromatic rings. The Kier molecular flexibility index (Phi) is 9.84. The first-order valence-electron chi connectivity index (χ1n) is 9.20. The van der Waals surface area contributed by atoms with Crippen LogP contribution in [0.5, 0.6) is 5.75 Å². The van der Waals surface area contributed by atoms with E-state index in [-0.39, 0.29) is 31.0 Å². The second-order valence-corrected chi connectivity index (χ2v) is 6.70. The molecule has 2 amide bonds. The van der Waals surface area contributed by atoms with Gasteiger partial charge in [0.1, 0.15) is 22.2 Å². The molecule has 0 aliphatic carbocycles. The number of terminal acetylenes is 1. The molecule has 2 heterocycles. The number of halogens is 3. The number of benzene rings is 1. The van der Waals surface area contributed by atoms with Crippen LogP contribution in [0, 0.1) is 24.5 Å². The van der Waals surface area contributed by atoms with Crippen molar-refractivity contribution >= 4 is 23.4 Å². The SMILES string of the molecule is C#C.CCO.CN1CCn2cc(C(=O)NCc3ccc(F)c(Cl)c3F)c(=O)c(O)c2C1=O. The van der Waals surface area contributed by atoms with Gasteiger partial charge in [0.05, 0.1) is 0 Å². The molecule has 1 aliphatic heterocycles. The van der Waals surface area contributed by atoms with E-state index in [1.54, 1.807) is 6.92 Å². The fourth-order valence-corrected chi connectivity index (χ4v) is 2.91. The molecule has 1 aliphatic rings. The summed E-state index contributed by atoms with van der Waals surface area (Å²) in [7, 11) is 1.53.